The topological polar surface area (TPSA) is 29.5 Å². The van der Waals surface area contributed by atoms with E-state index in [0.717, 1.165) is 6.42 Å². The molecule has 0 saturated heterocycles. The number of ether oxygens (including phenoxy) is 1. The molecule has 0 aliphatic heterocycles. The van der Waals surface area contributed by atoms with Gasteiger partial charge in [-0.15, -0.1) is 0 Å². The quantitative estimate of drug-likeness (QED) is 0.499. The monoisotopic (exact) mass is 194 g/mol. The van der Waals surface area contributed by atoms with Crippen molar-refractivity contribution < 1.29 is 9.84 Å². The Morgan fingerprint density at radius 1 is 1.42 bits per heavy atom. The van der Waals surface area contributed by atoms with E-state index in [-0.39, 0.29) is 11.7 Å². The number of aliphatic hydroxyl groups is 1. The third kappa shape index (κ3) is 8.31. The lowest BCUT2D eigenvalue weighted by Crippen LogP contribution is -2.13. The Kier molecular flexibility index (Phi) is 7.98. The van der Waals surface area contributed by atoms with Gasteiger partial charge in [0.2, 0.25) is 0 Å². The van der Waals surface area contributed by atoms with Gasteiger partial charge in [-0.3, -0.25) is 0 Å². The lowest BCUT2D eigenvalue weighted by atomic mass is 10.3. The second kappa shape index (κ2) is 7.84. The van der Waals surface area contributed by atoms with Crippen molar-refractivity contribution >= 4 is 11.6 Å². The summed E-state index contributed by atoms with van der Waals surface area (Å²) < 4.78 is 5.26. The lowest BCUT2D eigenvalue weighted by Gasteiger charge is -2.12. The molecule has 3 heteroatoms. The number of halogens is 1. The molecule has 0 aliphatic rings. The summed E-state index contributed by atoms with van der Waals surface area (Å²) in [4.78, 5) is 0. The Morgan fingerprint density at radius 3 is 2.58 bits per heavy atom. The summed E-state index contributed by atoms with van der Waals surface area (Å²) >= 11 is 5.77. The lowest BCUT2D eigenvalue weighted by molar-refractivity contribution is 0.0626. The van der Waals surface area contributed by atoms with Gasteiger partial charge in [0.05, 0.1) is 6.10 Å². The van der Waals surface area contributed by atoms with E-state index in [1.54, 1.807) is 6.92 Å². The fourth-order valence-electron chi connectivity index (χ4n) is 0.899. The molecule has 0 saturated carbocycles. The Labute approximate surface area is 79.9 Å². The molecule has 0 heterocycles. The molecule has 12 heavy (non-hydrogen) atoms. The predicted molar refractivity (Wildman–Crippen MR) is 51.4 cm³/mol. The minimum absolute atomic E-state index is 0.332. The molecule has 1 N–H and O–H groups in total. The standard InChI is InChI=1S/C9H19ClO2/c1-3-4-5-6-12-9(10)7-8(2)11/h8-9,11H,3-7H2,1-2H3. The molecule has 0 amide bonds. The van der Waals surface area contributed by atoms with Crippen LogP contribution in [0.3, 0.4) is 0 Å². The molecule has 2 unspecified atom stereocenters. The fraction of sp³-hybridized carbons (Fsp3) is 1.00. The Bertz CT molecular complexity index is 96.5. The highest BCUT2D eigenvalue weighted by atomic mass is 35.5. The zero-order valence-electron chi connectivity index (χ0n) is 7.92. The van der Waals surface area contributed by atoms with Crippen LogP contribution in [0.1, 0.15) is 39.5 Å². The summed E-state index contributed by atoms with van der Waals surface area (Å²) in [6.07, 6.45) is 3.55. The van der Waals surface area contributed by atoms with E-state index < -0.39 is 0 Å². The van der Waals surface area contributed by atoms with Gasteiger partial charge in [0.15, 0.2) is 0 Å². The van der Waals surface area contributed by atoms with Gasteiger partial charge in [0, 0.05) is 13.0 Å². The molecule has 74 valence electrons. The van der Waals surface area contributed by atoms with E-state index in [1.165, 1.54) is 12.8 Å². The first-order valence-electron chi connectivity index (χ1n) is 4.60. The van der Waals surface area contributed by atoms with E-state index in [1.807, 2.05) is 0 Å². The molecule has 0 rings (SSSR count). The second-order valence-corrected chi connectivity index (χ2v) is 3.56. The number of unbranched alkanes of at least 4 members (excludes halogenated alkanes) is 2. The normalized spacial score (nSPS) is 16.0. The van der Waals surface area contributed by atoms with Crippen molar-refractivity contribution in [2.24, 2.45) is 0 Å². The van der Waals surface area contributed by atoms with Gasteiger partial charge in [0.25, 0.3) is 0 Å². The highest BCUT2D eigenvalue weighted by Gasteiger charge is 2.07. The van der Waals surface area contributed by atoms with Gasteiger partial charge in [-0.05, 0) is 13.3 Å². The maximum Gasteiger partial charge on any atom is 0.133 e. The van der Waals surface area contributed by atoms with Gasteiger partial charge >= 0.3 is 0 Å². The van der Waals surface area contributed by atoms with E-state index in [0.29, 0.717) is 13.0 Å². The second-order valence-electron chi connectivity index (χ2n) is 3.07. The first-order valence-corrected chi connectivity index (χ1v) is 5.04. The Hall–Kier alpha value is 0.210. The molecule has 0 aromatic heterocycles. The van der Waals surface area contributed by atoms with E-state index in [9.17, 15) is 0 Å². The van der Waals surface area contributed by atoms with Crippen molar-refractivity contribution in [3.05, 3.63) is 0 Å². The molecule has 0 aromatic carbocycles. The third-order valence-corrected chi connectivity index (χ3v) is 1.88. The van der Waals surface area contributed by atoms with Crippen LogP contribution in [-0.2, 0) is 4.74 Å². The van der Waals surface area contributed by atoms with Gasteiger partial charge in [-0.2, -0.15) is 0 Å². The van der Waals surface area contributed by atoms with Crippen LogP contribution in [0.4, 0.5) is 0 Å². The van der Waals surface area contributed by atoms with Crippen molar-refractivity contribution in [2.45, 2.75) is 51.2 Å². The van der Waals surface area contributed by atoms with Crippen LogP contribution in [0.15, 0.2) is 0 Å². The number of alkyl halides is 1. The number of rotatable bonds is 7. The average molecular weight is 195 g/mol. The van der Waals surface area contributed by atoms with Crippen molar-refractivity contribution in [3.63, 3.8) is 0 Å². The minimum Gasteiger partial charge on any atom is -0.393 e. The Morgan fingerprint density at radius 2 is 2.08 bits per heavy atom. The summed E-state index contributed by atoms with van der Waals surface area (Å²) in [5, 5.41) is 8.96. The van der Waals surface area contributed by atoms with Crippen LogP contribution in [-0.4, -0.2) is 23.4 Å². The van der Waals surface area contributed by atoms with Crippen LogP contribution in [0.5, 0.6) is 0 Å². The van der Waals surface area contributed by atoms with Crippen LogP contribution in [0.25, 0.3) is 0 Å². The van der Waals surface area contributed by atoms with Crippen molar-refractivity contribution in [2.75, 3.05) is 6.61 Å². The maximum absolute atomic E-state index is 8.96. The molecular formula is C9H19ClO2. The summed E-state index contributed by atoms with van der Waals surface area (Å²) in [5.41, 5.74) is -0.332. The summed E-state index contributed by atoms with van der Waals surface area (Å²) in [6.45, 7) is 4.56. The molecule has 0 spiro atoms. The zero-order valence-corrected chi connectivity index (χ0v) is 8.68. The van der Waals surface area contributed by atoms with Gasteiger partial charge in [-0.25, -0.2) is 0 Å². The van der Waals surface area contributed by atoms with E-state index >= 15 is 0 Å². The molecule has 2 atom stereocenters. The molecule has 0 fully saturated rings. The molecule has 0 aliphatic carbocycles. The van der Waals surface area contributed by atoms with Crippen LogP contribution < -0.4 is 0 Å². The van der Waals surface area contributed by atoms with Gasteiger partial charge in [-0.1, -0.05) is 31.4 Å². The summed E-state index contributed by atoms with van der Waals surface area (Å²) in [7, 11) is 0. The van der Waals surface area contributed by atoms with Crippen LogP contribution >= 0.6 is 11.6 Å². The van der Waals surface area contributed by atoms with Crippen LogP contribution in [0, 0.1) is 0 Å². The molecule has 2 nitrogen and oxygen atoms in total. The van der Waals surface area contributed by atoms with Crippen molar-refractivity contribution in [1.29, 1.82) is 0 Å². The molecule has 0 bridgehead atoms. The van der Waals surface area contributed by atoms with Gasteiger partial charge in [0.1, 0.15) is 5.56 Å². The molecule has 0 radical (unpaired) electrons. The Balaban J connectivity index is 3.14. The summed E-state index contributed by atoms with van der Waals surface area (Å²) in [5.74, 6) is 0. The van der Waals surface area contributed by atoms with Crippen molar-refractivity contribution in [1.82, 2.24) is 0 Å². The maximum atomic E-state index is 8.96. The molecule has 0 aromatic rings. The average Bonchev–Trinajstić information content (AvgIpc) is 1.97. The fourth-order valence-corrected chi connectivity index (χ4v) is 1.25. The number of hydrogen-bond acceptors (Lipinski definition) is 2. The van der Waals surface area contributed by atoms with Crippen LogP contribution in [0.2, 0.25) is 0 Å². The SMILES string of the molecule is CCCCCOC(Cl)CC(C)O. The van der Waals surface area contributed by atoms with E-state index in [4.69, 9.17) is 21.4 Å². The van der Waals surface area contributed by atoms with E-state index in [2.05, 4.69) is 6.92 Å². The minimum atomic E-state index is -0.376. The third-order valence-electron chi connectivity index (χ3n) is 1.57. The highest BCUT2D eigenvalue weighted by molar-refractivity contribution is 6.19. The first-order chi connectivity index (χ1) is 5.66. The van der Waals surface area contributed by atoms with Gasteiger partial charge < -0.3 is 9.84 Å². The number of aliphatic hydroxyl groups excluding tert-OH is 1. The highest BCUT2D eigenvalue weighted by Crippen LogP contribution is 2.08. The first kappa shape index (κ1) is 12.2. The summed E-state index contributed by atoms with van der Waals surface area (Å²) in [6, 6.07) is 0. The molecular weight excluding hydrogens is 176 g/mol. The van der Waals surface area contributed by atoms with Crippen molar-refractivity contribution in [3.8, 4) is 0 Å². The predicted octanol–water partition coefficient (Wildman–Crippen LogP) is 2.53. The zero-order chi connectivity index (χ0) is 9.40. The number of hydrogen-bond donors (Lipinski definition) is 1. The smallest absolute Gasteiger partial charge is 0.133 e. The largest absolute Gasteiger partial charge is 0.393 e.